The molecule has 0 aliphatic carbocycles. The highest BCUT2D eigenvalue weighted by atomic mass is 16.5. The number of benzene rings is 2. The van der Waals surface area contributed by atoms with E-state index in [0.29, 0.717) is 16.7 Å². The van der Waals surface area contributed by atoms with Crippen LogP contribution in [0.15, 0.2) is 59.7 Å². The van der Waals surface area contributed by atoms with Gasteiger partial charge in [0.1, 0.15) is 17.5 Å². The van der Waals surface area contributed by atoms with E-state index in [1.165, 1.54) is 16.6 Å². The highest BCUT2D eigenvalue weighted by molar-refractivity contribution is 5.90. The highest BCUT2D eigenvalue weighted by Gasteiger charge is 2.17. The van der Waals surface area contributed by atoms with Crippen LogP contribution in [0.25, 0.3) is 28.0 Å². The van der Waals surface area contributed by atoms with Crippen LogP contribution in [0.1, 0.15) is 0 Å². The third kappa shape index (κ3) is 3.55. The minimum absolute atomic E-state index is 0.165. The number of aromatic amines is 1. The van der Waals surface area contributed by atoms with Crippen LogP contribution in [0.3, 0.4) is 0 Å². The number of H-pyrrole nitrogens is 1. The smallest absolute Gasteiger partial charge is 0.269 e. The summed E-state index contributed by atoms with van der Waals surface area (Å²) < 4.78 is 6.73. The molecule has 3 heterocycles. The predicted molar refractivity (Wildman–Crippen MR) is 121 cm³/mol. The van der Waals surface area contributed by atoms with Gasteiger partial charge in [-0.3, -0.25) is 14.5 Å². The van der Waals surface area contributed by atoms with E-state index in [1.807, 2.05) is 36.4 Å². The van der Waals surface area contributed by atoms with Crippen LogP contribution >= 0.6 is 0 Å². The molecule has 1 fully saturated rings. The Kier molecular flexibility index (Phi) is 4.91. The fourth-order valence-corrected chi connectivity index (χ4v) is 3.95. The molecule has 0 unspecified atom stereocenters. The number of piperazine rings is 1. The Morgan fingerprint density at radius 2 is 1.61 bits per heavy atom. The Balaban J connectivity index is 1.51. The van der Waals surface area contributed by atoms with E-state index in [2.05, 4.69) is 44.2 Å². The van der Waals surface area contributed by atoms with Gasteiger partial charge >= 0.3 is 0 Å². The number of hydrogen-bond acceptors (Lipinski definition) is 6. The number of rotatable bonds is 4. The molecule has 0 saturated carbocycles. The zero-order chi connectivity index (χ0) is 21.4. The average Bonchev–Trinajstić information content (AvgIpc) is 3.25. The van der Waals surface area contributed by atoms with Crippen LogP contribution in [0.2, 0.25) is 0 Å². The van der Waals surface area contributed by atoms with E-state index in [1.54, 1.807) is 7.11 Å². The van der Waals surface area contributed by atoms with Crippen molar-refractivity contribution in [3.8, 4) is 22.7 Å². The summed E-state index contributed by atoms with van der Waals surface area (Å²) >= 11 is 0. The molecule has 0 spiro atoms. The Morgan fingerprint density at radius 3 is 2.29 bits per heavy atom. The summed E-state index contributed by atoms with van der Waals surface area (Å²) in [7, 11) is 3.76. The van der Waals surface area contributed by atoms with Crippen molar-refractivity contribution in [3.63, 3.8) is 0 Å². The van der Waals surface area contributed by atoms with Gasteiger partial charge in [0, 0.05) is 37.4 Å². The van der Waals surface area contributed by atoms with E-state index < -0.39 is 0 Å². The monoisotopic (exact) mass is 416 g/mol. The summed E-state index contributed by atoms with van der Waals surface area (Å²) in [4.78, 5) is 22.4. The van der Waals surface area contributed by atoms with Crippen LogP contribution in [-0.2, 0) is 0 Å². The molecule has 1 saturated heterocycles. The zero-order valence-corrected chi connectivity index (χ0v) is 17.6. The van der Waals surface area contributed by atoms with E-state index in [0.717, 1.165) is 43.2 Å². The highest BCUT2D eigenvalue weighted by Crippen LogP contribution is 2.26. The molecule has 0 radical (unpaired) electrons. The minimum atomic E-state index is -0.165. The van der Waals surface area contributed by atoms with Crippen molar-refractivity contribution in [2.75, 3.05) is 45.2 Å². The maximum Gasteiger partial charge on any atom is 0.269 e. The van der Waals surface area contributed by atoms with Gasteiger partial charge in [0.2, 0.25) is 0 Å². The number of fused-ring (bicyclic) bond motifs is 1. The summed E-state index contributed by atoms with van der Waals surface area (Å²) in [5, 5.41) is 7.74. The first kappa shape index (κ1) is 19.3. The SMILES string of the molecule is COc1ccc(-n2cnc3n[nH]c(-c4ccc(N5CCN(C)CC5)cc4)c3c2=O)cc1. The number of likely N-dealkylation sites (N-methyl/N-ethyl adjacent to an activating group) is 1. The molecular formula is C23H24N6O2. The third-order valence-corrected chi connectivity index (χ3v) is 5.85. The lowest BCUT2D eigenvalue weighted by Crippen LogP contribution is -2.44. The third-order valence-electron chi connectivity index (χ3n) is 5.85. The fourth-order valence-electron chi connectivity index (χ4n) is 3.95. The quantitative estimate of drug-likeness (QED) is 0.551. The second-order valence-electron chi connectivity index (χ2n) is 7.75. The molecule has 1 aliphatic rings. The Labute approximate surface area is 179 Å². The number of aromatic nitrogens is 4. The summed E-state index contributed by atoms with van der Waals surface area (Å²) in [5.74, 6) is 0.732. The molecule has 158 valence electrons. The molecule has 0 atom stereocenters. The molecule has 2 aromatic carbocycles. The van der Waals surface area contributed by atoms with E-state index >= 15 is 0 Å². The van der Waals surface area contributed by atoms with Crippen molar-refractivity contribution in [2.24, 2.45) is 0 Å². The summed E-state index contributed by atoms with van der Waals surface area (Å²) in [6.45, 7) is 4.14. The van der Waals surface area contributed by atoms with Gasteiger partial charge in [0.25, 0.3) is 5.56 Å². The molecule has 8 nitrogen and oxygen atoms in total. The molecule has 5 rings (SSSR count). The second-order valence-corrected chi connectivity index (χ2v) is 7.75. The van der Waals surface area contributed by atoms with Crippen LogP contribution < -0.4 is 15.2 Å². The van der Waals surface area contributed by atoms with Crippen LogP contribution in [-0.4, -0.2) is 65.0 Å². The van der Waals surface area contributed by atoms with Crippen molar-refractivity contribution in [3.05, 3.63) is 65.2 Å². The maximum absolute atomic E-state index is 13.3. The largest absolute Gasteiger partial charge is 0.497 e. The van der Waals surface area contributed by atoms with Crippen LogP contribution in [0, 0.1) is 0 Å². The molecule has 4 aromatic rings. The lowest BCUT2D eigenvalue weighted by Gasteiger charge is -2.34. The lowest BCUT2D eigenvalue weighted by molar-refractivity contribution is 0.313. The van der Waals surface area contributed by atoms with Gasteiger partial charge in [0.15, 0.2) is 5.65 Å². The average molecular weight is 416 g/mol. The number of nitrogens with one attached hydrogen (secondary N) is 1. The Morgan fingerprint density at radius 1 is 0.935 bits per heavy atom. The van der Waals surface area contributed by atoms with Crippen molar-refractivity contribution >= 4 is 16.7 Å². The van der Waals surface area contributed by atoms with E-state index in [-0.39, 0.29) is 5.56 Å². The van der Waals surface area contributed by atoms with Gasteiger partial charge in [-0.25, -0.2) is 4.98 Å². The van der Waals surface area contributed by atoms with Crippen LogP contribution in [0.5, 0.6) is 5.75 Å². The van der Waals surface area contributed by atoms with Crippen LogP contribution in [0.4, 0.5) is 5.69 Å². The van der Waals surface area contributed by atoms with Crippen molar-refractivity contribution in [2.45, 2.75) is 0 Å². The normalized spacial score (nSPS) is 14.8. The minimum Gasteiger partial charge on any atom is -0.497 e. The number of ether oxygens (including phenoxy) is 1. The van der Waals surface area contributed by atoms with E-state index in [4.69, 9.17) is 4.74 Å². The number of anilines is 1. The summed E-state index contributed by atoms with van der Waals surface area (Å²) in [5.41, 5.74) is 3.74. The van der Waals surface area contributed by atoms with Gasteiger partial charge in [-0.15, -0.1) is 0 Å². The van der Waals surface area contributed by atoms with E-state index in [9.17, 15) is 4.79 Å². The first-order valence-electron chi connectivity index (χ1n) is 10.3. The first-order chi connectivity index (χ1) is 15.1. The molecule has 0 amide bonds. The topological polar surface area (TPSA) is 79.3 Å². The molecule has 1 aliphatic heterocycles. The molecule has 8 heteroatoms. The number of nitrogens with zero attached hydrogens (tertiary/aromatic N) is 5. The molecule has 0 bridgehead atoms. The second kappa shape index (κ2) is 7.88. The van der Waals surface area contributed by atoms with Crippen molar-refractivity contribution in [1.82, 2.24) is 24.6 Å². The molecule has 31 heavy (non-hydrogen) atoms. The maximum atomic E-state index is 13.3. The lowest BCUT2D eigenvalue weighted by atomic mass is 10.1. The Hall–Kier alpha value is -3.65. The molecule has 2 aromatic heterocycles. The fraction of sp³-hybridized carbons (Fsp3) is 0.261. The van der Waals surface area contributed by atoms with Gasteiger partial charge < -0.3 is 14.5 Å². The number of methoxy groups -OCH3 is 1. The first-order valence-corrected chi connectivity index (χ1v) is 10.3. The Bertz CT molecular complexity index is 1250. The molecular weight excluding hydrogens is 392 g/mol. The molecule has 1 N–H and O–H groups in total. The van der Waals surface area contributed by atoms with Crippen molar-refractivity contribution < 1.29 is 4.74 Å². The van der Waals surface area contributed by atoms with Gasteiger partial charge in [0.05, 0.1) is 18.5 Å². The van der Waals surface area contributed by atoms with Crippen molar-refractivity contribution in [1.29, 1.82) is 0 Å². The predicted octanol–water partition coefficient (Wildman–Crippen LogP) is 2.54. The summed E-state index contributed by atoms with van der Waals surface area (Å²) in [6, 6.07) is 15.6. The number of hydrogen-bond donors (Lipinski definition) is 1. The standard InChI is InChI=1S/C23H24N6O2/c1-27-11-13-28(14-12-27)17-5-3-16(4-6-17)21-20-22(26-25-21)24-15-29(23(20)30)18-7-9-19(31-2)10-8-18/h3-10,15H,11-14H2,1-2H3,(H,25,26). The van der Waals surface area contributed by atoms with Gasteiger partial charge in [-0.2, -0.15) is 5.10 Å². The zero-order valence-electron chi connectivity index (χ0n) is 17.6. The summed E-state index contributed by atoms with van der Waals surface area (Å²) in [6.07, 6.45) is 1.51. The van der Waals surface area contributed by atoms with Gasteiger partial charge in [-0.05, 0) is 43.4 Å². The van der Waals surface area contributed by atoms with Gasteiger partial charge in [-0.1, -0.05) is 12.1 Å².